The SMILES string of the molecule is CC(C)C(C(=O)N(CCCl)Cc1ccccc1)N(C(=O)O)C(C)(C)C. The van der Waals surface area contributed by atoms with Crippen molar-refractivity contribution in [2.75, 3.05) is 12.4 Å². The van der Waals surface area contributed by atoms with Crippen LogP contribution in [0.5, 0.6) is 0 Å². The molecule has 1 rings (SSSR count). The number of benzene rings is 1. The first-order valence-corrected chi connectivity index (χ1v) is 9.04. The van der Waals surface area contributed by atoms with Gasteiger partial charge in [-0.2, -0.15) is 0 Å². The van der Waals surface area contributed by atoms with Crippen LogP contribution in [0.3, 0.4) is 0 Å². The van der Waals surface area contributed by atoms with Crippen molar-refractivity contribution in [3.63, 3.8) is 0 Å². The zero-order chi connectivity index (χ0) is 19.2. The predicted molar refractivity (Wildman–Crippen MR) is 101 cm³/mol. The maximum absolute atomic E-state index is 13.2. The molecule has 5 nitrogen and oxygen atoms in total. The number of carboxylic acid groups (broad SMARTS) is 1. The van der Waals surface area contributed by atoms with Crippen LogP contribution in [-0.2, 0) is 11.3 Å². The Balaban J connectivity index is 3.17. The standard InChI is InChI=1S/C19H29ClN2O3/c1-14(2)16(22(18(24)25)19(3,4)5)17(23)21(12-11-20)13-15-9-7-6-8-10-15/h6-10,14,16H,11-13H2,1-5H3,(H,24,25). The van der Waals surface area contributed by atoms with Gasteiger partial charge in [0.25, 0.3) is 0 Å². The summed E-state index contributed by atoms with van der Waals surface area (Å²) < 4.78 is 0. The van der Waals surface area contributed by atoms with Gasteiger partial charge in [0.15, 0.2) is 0 Å². The lowest BCUT2D eigenvalue weighted by molar-refractivity contribution is -0.140. The van der Waals surface area contributed by atoms with Crippen LogP contribution >= 0.6 is 11.6 Å². The van der Waals surface area contributed by atoms with Gasteiger partial charge in [-0.15, -0.1) is 11.6 Å². The summed E-state index contributed by atoms with van der Waals surface area (Å²) in [5, 5.41) is 9.71. The third-order valence-corrected chi connectivity index (χ3v) is 4.14. The molecule has 0 saturated carbocycles. The van der Waals surface area contributed by atoms with Gasteiger partial charge in [0.2, 0.25) is 5.91 Å². The Labute approximate surface area is 155 Å². The van der Waals surface area contributed by atoms with E-state index in [0.717, 1.165) is 5.56 Å². The number of nitrogens with zero attached hydrogens (tertiary/aromatic N) is 2. The molecule has 0 aromatic heterocycles. The van der Waals surface area contributed by atoms with Crippen LogP contribution in [0.15, 0.2) is 30.3 Å². The van der Waals surface area contributed by atoms with E-state index < -0.39 is 17.7 Å². The van der Waals surface area contributed by atoms with Gasteiger partial charge in [-0.1, -0.05) is 44.2 Å². The number of alkyl halides is 1. The van der Waals surface area contributed by atoms with E-state index in [-0.39, 0.29) is 11.8 Å². The molecule has 0 bridgehead atoms. The molecule has 0 aliphatic heterocycles. The van der Waals surface area contributed by atoms with Crippen molar-refractivity contribution in [1.29, 1.82) is 0 Å². The van der Waals surface area contributed by atoms with Crippen molar-refractivity contribution in [2.45, 2.75) is 52.7 Å². The molecule has 140 valence electrons. The zero-order valence-corrected chi connectivity index (χ0v) is 16.5. The fraction of sp³-hybridized carbons (Fsp3) is 0.579. The molecule has 1 aromatic rings. The average Bonchev–Trinajstić information content (AvgIpc) is 2.50. The molecule has 0 fully saturated rings. The van der Waals surface area contributed by atoms with E-state index in [9.17, 15) is 14.7 Å². The van der Waals surface area contributed by atoms with Gasteiger partial charge in [0.05, 0.1) is 0 Å². The van der Waals surface area contributed by atoms with Crippen molar-refractivity contribution in [2.24, 2.45) is 5.92 Å². The van der Waals surface area contributed by atoms with Crippen LogP contribution in [0.25, 0.3) is 0 Å². The van der Waals surface area contributed by atoms with Gasteiger partial charge in [-0.05, 0) is 32.3 Å². The predicted octanol–water partition coefficient (Wildman–Crippen LogP) is 4.06. The number of amides is 2. The largest absolute Gasteiger partial charge is 0.465 e. The molecule has 0 aliphatic rings. The highest BCUT2D eigenvalue weighted by Gasteiger charge is 2.40. The first-order chi connectivity index (χ1) is 11.6. The maximum atomic E-state index is 13.2. The molecular formula is C19H29ClN2O3. The lowest BCUT2D eigenvalue weighted by atomic mass is 9.95. The number of rotatable bonds is 7. The van der Waals surface area contributed by atoms with Crippen molar-refractivity contribution in [3.8, 4) is 0 Å². The van der Waals surface area contributed by atoms with Gasteiger partial charge in [0, 0.05) is 24.5 Å². The van der Waals surface area contributed by atoms with E-state index in [1.54, 1.807) is 25.7 Å². The van der Waals surface area contributed by atoms with E-state index in [1.807, 2.05) is 44.2 Å². The fourth-order valence-electron chi connectivity index (χ4n) is 2.88. The second-order valence-electron chi connectivity index (χ2n) is 7.45. The summed E-state index contributed by atoms with van der Waals surface area (Å²) in [6.07, 6.45) is -1.09. The molecule has 1 atom stereocenters. The molecule has 1 unspecified atom stereocenters. The molecule has 2 amide bonds. The fourth-order valence-corrected chi connectivity index (χ4v) is 3.08. The van der Waals surface area contributed by atoms with Crippen LogP contribution in [0.4, 0.5) is 4.79 Å². The first kappa shape index (κ1) is 21.3. The molecule has 1 aromatic carbocycles. The minimum Gasteiger partial charge on any atom is -0.465 e. The number of carbonyl (C=O) groups excluding carboxylic acids is 1. The summed E-state index contributed by atoms with van der Waals surface area (Å²) in [5.41, 5.74) is 0.302. The van der Waals surface area contributed by atoms with E-state index in [0.29, 0.717) is 19.0 Å². The smallest absolute Gasteiger partial charge is 0.408 e. The van der Waals surface area contributed by atoms with E-state index in [4.69, 9.17) is 11.6 Å². The Morgan fingerprint density at radius 3 is 2.12 bits per heavy atom. The van der Waals surface area contributed by atoms with Gasteiger partial charge >= 0.3 is 6.09 Å². The summed E-state index contributed by atoms with van der Waals surface area (Å²) in [4.78, 5) is 28.0. The number of carbonyl (C=O) groups is 2. The number of hydrogen-bond acceptors (Lipinski definition) is 2. The van der Waals surface area contributed by atoms with Gasteiger partial charge < -0.3 is 10.0 Å². The Bertz CT molecular complexity index is 570. The quantitative estimate of drug-likeness (QED) is 0.738. The van der Waals surface area contributed by atoms with Gasteiger partial charge in [-0.25, -0.2) is 4.79 Å². The Kier molecular flexibility index (Phi) is 7.74. The molecular weight excluding hydrogens is 340 g/mol. The van der Waals surface area contributed by atoms with Gasteiger partial charge in [0.1, 0.15) is 6.04 Å². The Morgan fingerprint density at radius 2 is 1.72 bits per heavy atom. The third-order valence-electron chi connectivity index (χ3n) is 3.97. The summed E-state index contributed by atoms with van der Waals surface area (Å²) >= 11 is 5.90. The normalized spacial score (nSPS) is 12.8. The number of halogens is 1. The van der Waals surface area contributed by atoms with Crippen LogP contribution in [0.2, 0.25) is 0 Å². The molecule has 0 aliphatic carbocycles. The van der Waals surface area contributed by atoms with Crippen LogP contribution < -0.4 is 0 Å². The lowest BCUT2D eigenvalue weighted by Crippen LogP contribution is -2.59. The van der Waals surface area contributed by atoms with Crippen molar-refractivity contribution < 1.29 is 14.7 Å². The second kappa shape index (κ2) is 9.09. The van der Waals surface area contributed by atoms with Gasteiger partial charge in [-0.3, -0.25) is 9.69 Å². The third kappa shape index (κ3) is 5.92. The Hall–Kier alpha value is -1.75. The zero-order valence-electron chi connectivity index (χ0n) is 15.7. The first-order valence-electron chi connectivity index (χ1n) is 8.50. The van der Waals surface area contributed by atoms with E-state index in [2.05, 4.69) is 0 Å². The monoisotopic (exact) mass is 368 g/mol. The number of hydrogen-bond donors (Lipinski definition) is 1. The minimum atomic E-state index is -1.09. The van der Waals surface area contributed by atoms with Crippen LogP contribution in [-0.4, -0.2) is 50.9 Å². The summed E-state index contributed by atoms with van der Waals surface area (Å²) in [6, 6.07) is 8.87. The molecule has 0 radical (unpaired) electrons. The van der Waals surface area contributed by atoms with Crippen LogP contribution in [0.1, 0.15) is 40.2 Å². The lowest BCUT2D eigenvalue weighted by Gasteiger charge is -2.42. The van der Waals surface area contributed by atoms with Crippen molar-refractivity contribution in [1.82, 2.24) is 9.80 Å². The topological polar surface area (TPSA) is 60.9 Å². The molecule has 0 heterocycles. The molecule has 25 heavy (non-hydrogen) atoms. The van der Waals surface area contributed by atoms with E-state index in [1.165, 1.54) is 4.90 Å². The molecule has 1 N–H and O–H groups in total. The average molecular weight is 369 g/mol. The Morgan fingerprint density at radius 1 is 1.16 bits per heavy atom. The molecule has 0 saturated heterocycles. The van der Waals surface area contributed by atoms with Crippen molar-refractivity contribution in [3.05, 3.63) is 35.9 Å². The summed E-state index contributed by atoms with van der Waals surface area (Å²) in [7, 11) is 0. The second-order valence-corrected chi connectivity index (χ2v) is 7.82. The highest BCUT2D eigenvalue weighted by molar-refractivity contribution is 6.18. The summed E-state index contributed by atoms with van der Waals surface area (Å²) in [6.45, 7) is 9.91. The minimum absolute atomic E-state index is 0.156. The van der Waals surface area contributed by atoms with Crippen LogP contribution in [0, 0.1) is 5.92 Å². The highest BCUT2D eigenvalue weighted by atomic mass is 35.5. The molecule has 6 heteroatoms. The summed E-state index contributed by atoms with van der Waals surface area (Å²) in [5.74, 6) is -0.0698. The maximum Gasteiger partial charge on any atom is 0.408 e. The van der Waals surface area contributed by atoms with Crippen molar-refractivity contribution >= 4 is 23.6 Å². The molecule has 0 spiro atoms. The van der Waals surface area contributed by atoms with E-state index >= 15 is 0 Å². The highest BCUT2D eigenvalue weighted by Crippen LogP contribution is 2.24.